The zero-order valence-electron chi connectivity index (χ0n) is 76.1. The number of aryl methyl sites for hydroxylation is 9. The second-order valence-electron chi connectivity index (χ2n) is 31.8. The van der Waals surface area contributed by atoms with E-state index in [0.717, 1.165) is 78.9 Å². The summed E-state index contributed by atoms with van der Waals surface area (Å²) >= 11 is 0. The van der Waals surface area contributed by atoms with Crippen LogP contribution in [0.2, 0.25) is 0 Å². The number of aromatic nitrogens is 14. The molecule has 0 fully saturated rings. The normalized spacial score (nSPS) is 10.3. The lowest BCUT2D eigenvalue weighted by Crippen LogP contribution is -1.85. The Morgan fingerprint density at radius 1 is 0.150 bits per heavy atom. The Labute approximate surface area is 779 Å². The predicted molar refractivity (Wildman–Crippen MR) is 549 cm³/mol. The van der Waals surface area contributed by atoms with E-state index in [1.165, 1.54) is 115 Å². The monoisotopic (exact) mass is 1730 g/mol. The highest BCUT2D eigenvalue weighted by Gasteiger charge is 2.09. The molecular formula is C119H102N14. The Balaban J connectivity index is 0.000000121. The first-order valence-electron chi connectivity index (χ1n) is 43.9. The maximum Gasteiger partial charge on any atom is 0.0886 e. The number of nitrogens with zero attached hydrogens (tertiary/aromatic N) is 14. The van der Waals surface area contributed by atoms with Crippen molar-refractivity contribution >= 4 is 43.1 Å². The first-order chi connectivity index (χ1) is 65.1. The number of rotatable bonds is 9. The molecule has 14 aromatic heterocycles. The van der Waals surface area contributed by atoms with Crippen LogP contribution < -0.4 is 0 Å². The van der Waals surface area contributed by atoms with E-state index in [1.54, 1.807) is 43.4 Å². The third-order valence-corrected chi connectivity index (χ3v) is 21.5. The Morgan fingerprint density at radius 3 is 0.917 bits per heavy atom. The Morgan fingerprint density at radius 2 is 0.481 bits per heavy atom. The van der Waals surface area contributed by atoms with Crippen LogP contribution in [0.25, 0.3) is 144 Å². The van der Waals surface area contributed by atoms with Crippen LogP contribution in [0.1, 0.15) is 50.3 Å². The van der Waals surface area contributed by atoms with E-state index in [2.05, 4.69) is 279 Å². The molecule has 0 bridgehead atoms. The fourth-order valence-electron chi connectivity index (χ4n) is 14.2. The van der Waals surface area contributed by atoms with Gasteiger partial charge in [-0.3, -0.25) is 69.8 Å². The number of pyridine rings is 14. The van der Waals surface area contributed by atoms with Crippen molar-refractivity contribution in [3.63, 3.8) is 0 Å². The number of hydrogen-bond acceptors (Lipinski definition) is 14. The van der Waals surface area contributed by atoms with Crippen LogP contribution in [-0.4, -0.2) is 69.8 Å². The van der Waals surface area contributed by atoms with Gasteiger partial charge >= 0.3 is 0 Å². The van der Waals surface area contributed by atoms with E-state index in [9.17, 15) is 0 Å². The summed E-state index contributed by atoms with van der Waals surface area (Å²) in [6.45, 7) is 18.5. The Kier molecular flexibility index (Phi) is 33.0. The van der Waals surface area contributed by atoms with Gasteiger partial charge in [-0.2, -0.15) is 0 Å². The summed E-state index contributed by atoms with van der Waals surface area (Å²) in [6, 6.07) is 114. The van der Waals surface area contributed by atoms with Crippen LogP contribution in [0.4, 0.5) is 0 Å². The summed E-state index contributed by atoms with van der Waals surface area (Å²) in [5, 5.41) is 10.3. The van der Waals surface area contributed by atoms with Gasteiger partial charge in [0.1, 0.15) is 0 Å². The van der Waals surface area contributed by atoms with Crippen molar-refractivity contribution in [1.29, 1.82) is 0 Å². The molecule has 0 radical (unpaired) electrons. The van der Waals surface area contributed by atoms with Gasteiger partial charge < -0.3 is 0 Å². The van der Waals surface area contributed by atoms with E-state index >= 15 is 0 Å². The zero-order chi connectivity index (χ0) is 92.1. The molecule has 0 saturated heterocycles. The summed E-state index contributed by atoms with van der Waals surface area (Å²) in [4.78, 5) is 58.5. The highest BCUT2D eigenvalue weighted by Crippen LogP contribution is 2.32. The molecule has 0 saturated carbocycles. The van der Waals surface area contributed by atoms with E-state index < -0.39 is 0 Å². The van der Waals surface area contributed by atoms with E-state index in [0.29, 0.717) is 0 Å². The first kappa shape index (κ1) is 92.1. The fraction of sp³-hybridized carbons (Fsp3) is 0.0756. The van der Waals surface area contributed by atoms with Gasteiger partial charge in [0.05, 0.1) is 34.2 Å². The van der Waals surface area contributed by atoms with Crippen LogP contribution in [0.15, 0.2) is 458 Å². The largest absolute Gasteiger partial charge is 0.265 e. The molecule has 133 heavy (non-hydrogen) atoms. The van der Waals surface area contributed by atoms with Gasteiger partial charge in [0.15, 0.2) is 0 Å². The minimum Gasteiger partial charge on any atom is -0.265 e. The van der Waals surface area contributed by atoms with Crippen molar-refractivity contribution in [2.24, 2.45) is 0 Å². The highest BCUT2D eigenvalue weighted by molar-refractivity contribution is 5.98. The SMILES string of the molecule is Cc1ccc(-c2ccccn2)cn1.Cc1ccc(-c2ccccn2)nc1.Cc1ccc(-c2cccnc2)cn1.Cc1ccc(-c2cccnc2)nc1.Cc1ccc(-c2ccncc2)c2ccccc12.Cc1ccc(-c2ccncc2)nc1.Cc1ccc2cc(-c3ccccn3)ccc2c1.Cc1ccc2cc(-c3cccnc3)ccc2c1.Cc1ccc2cc(-c3ccncc3)ccc2c1. The summed E-state index contributed by atoms with van der Waals surface area (Å²) < 4.78 is 0. The maximum absolute atomic E-state index is 4.37. The lowest BCUT2D eigenvalue weighted by molar-refractivity contribution is 1.19. The first-order valence-corrected chi connectivity index (χ1v) is 43.9. The minimum atomic E-state index is 0.919. The van der Waals surface area contributed by atoms with Crippen LogP contribution in [0.5, 0.6) is 0 Å². The van der Waals surface area contributed by atoms with Gasteiger partial charge in [-0.25, -0.2) is 0 Å². The van der Waals surface area contributed by atoms with Crippen LogP contribution >= 0.6 is 0 Å². The van der Waals surface area contributed by atoms with Gasteiger partial charge in [-0.05, 0) is 307 Å². The Bertz CT molecular complexity index is 6550. The van der Waals surface area contributed by atoms with E-state index in [1.807, 2.05) is 267 Å². The molecule has 22 rings (SSSR count). The summed E-state index contributed by atoms with van der Waals surface area (Å²) in [6.07, 6.45) is 36.5. The van der Waals surface area contributed by atoms with Gasteiger partial charge in [-0.15, -0.1) is 0 Å². The highest BCUT2D eigenvalue weighted by atomic mass is 14.8. The quantitative estimate of drug-likeness (QED) is 0.133. The van der Waals surface area contributed by atoms with Crippen LogP contribution in [0.3, 0.4) is 0 Å². The smallest absolute Gasteiger partial charge is 0.0886 e. The van der Waals surface area contributed by atoms with Crippen LogP contribution in [-0.2, 0) is 0 Å². The molecule has 648 valence electrons. The molecule has 0 unspecified atom stereocenters. The molecule has 0 N–H and O–H groups in total. The predicted octanol–water partition coefficient (Wildman–Crippen LogP) is 29.1. The third kappa shape index (κ3) is 27.5. The van der Waals surface area contributed by atoms with Crippen LogP contribution in [0, 0.1) is 62.3 Å². The topological polar surface area (TPSA) is 180 Å². The Hall–Kier alpha value is -17.1. The second kappa shape index (κ2) is 47.6. The molecule has 14 nitrogen and oxygen atoms in total. The minimum absolute atomic E-state index is 0.919. The molecule has 22 aromatic rings. The van der Waals surface area contributed by atoms with Crippen molar-refractivity contribution in [2.75, 3.05) is 0 Å². The molecular weight excluding hydrogens is 1630 g/mol. The zero-order valence-corrected chi connectivity index (χ0v) is 76.1. The molecule has 0 amide bonds. The van der Waals surface area contributed by atoms with Crippen molar-refractivity contribution in [3.8, 4) is 101 Å². The number of fused-ring (bicyclic) bond motifs is 4. The standard InChI is InChI=1S/4C16H13N.5C11H10N2/c1-12-2-3-16-11-15(5-4-14(16)10-12)13-6-8-17-9-7-13;1-12-4-5-14-10-15(7-6-13(14)9-12)16-3-2-8-17-11-16;1-12-5-6-14-11-15(8-7-13(14)10-12)16-4-2-3-9-17-16;1-12-6-7-15(13-8-10-17-11-9-13)16-5-3-2-4-14(12)16;1-9-2-3-11(13-8-9)10-4-6-12-7-5-10;1-9-4-5-11(8-13-9)10-3-2-6-12-7-10;1-9-4-5-11(13-7-9)10-3-2-6-12-8-10;1-9-5-6-10(8-13-9)11-4-2-3-7-12-11;1-9-5-6-11(13-8-9)10-4-2-3-7-12-10/h4*2-11H,1H3;5*2-8H,1H3. The van der Waals surface area contributed by atoms with Crippen molar-refractivity contribution < 1.29 is 0 Å². The number of benzene rings is 8. The average Bonchev–Trinajstić information content (AvgIpc) is 0.801. The van der Waals surface area contributed by atoms with E-state index in [4.69, 9.17) is 0 Å². The summed E-state index contributed by atoms with van der Waals surface area (Å²) in [5.74, 6) is 0. The van der Waals surface area contributed by atoms with Crippen molar-refractivity contribution in [1.82, 2.24) is 69.8 Å². The molecule has 0 aliphatic heterocycles. The summed E-state index contributed by atoms with van der Waals surface area (Å²) in [5.41, 5.74) is 30.5. The molecule has 14 heterocycles. The average molecular weight is 1730 g/mol. The molecule has 0 atom stereocenters. The van der Waals surface area contributed by atoms with E-state index in [-0.39, 0.29) is 0 Å². The summed E-state index contributed by atoms with van der Waals surface area (Å²) in [7, 11) is 0. The molecule has 0 spiro atoms. The second-order valence-corrected chi connectivity index (χ2v) is 31.8. The number of hydrogen-bond donors (Lipinski definition) is 0. The molecule has 8 aromatic carbocycles. The van der Waals surface area contributed by atoms with Gasteiger partial charge in [-0.1, -0.05) is 199 Å². The lowest BCUT2D eigenvalue weighted by Gasteiger charge is -2.08. The third-order valence-electron chi connectivity index (χ3n) is 21.5. The van der Waals surface area contributed by atoms with Gasteiger partial charge in [0.2, 0.25) is 0 Å². The lowest BCUT2D eigenvalue weighted by atomic mass is 9.96. The molecule has 0 aliphatic rings. The van der Waals surface area contributed by atoms with Crippen molar-refractivity contribution in [2.45, 2.75) is 62.3 Å². The molecule has 0 aliphatic carbocycles. The van der Waals surface area contributed by atoms with Gasteiger partial charge in [0, 0.05) is 174 Å². The van der Waals surface area contributed by atoms with Gasteiger partial charge in [0.25, 0.3) is 0 Å². The fourth-order valence-corrected chi connectivity index (χ4v) is 14.2. The maximum atomic E-state index is 4.37. The van der Waals surface area contributed by atoms with Crippen molar-refractivity contribution in [3.05, 3.63) is 508 Å². The molecule has 14 heteroatoms.